The third-order valence-electron chi connectivity index (χ3n) is 3.27. The van der Waals surface area contributed by atoms with E-state index < -0.39 is 0 Å². The molecule has 0 unspecified atom stereocenters. The molecule has 2 aromatic heterocycles. The lowest BCUT2D eigenvalue weighted by molar-refractivity contribution is -0.128. The molecule has 2 aromatic rings. The number of amides is 1. The van der Waals surface area contributed by atoms with Crippen LogP contribution in [-0.4, -0.2) is 33.1 Å². The molecule has 5 heteroatoms. The smallest absolute Gasteiger partial charge is 0.233 e. The summed E-state index contributed by atoms with van der Waals surface area (Å²) in [5.41, 5.74) is 2.10. The molecule has 102 valence electrons. The molecular formula is C15H15N3OS. The second kappa shape index (κ2) is 6.05. The van der Waals surface area contributed by atoms with Crippen molar-refractivity contribution in [3.63, 3.8) is 0 Å². The number of thioether (sulfide) groups is 1. The Labute approximate surface area is 122 Å². The molecule has 3 heterocycles. The first-order valence-electron chi connectivity index (χ1n) is 6.55. The summed E-state index contributed by atoms with van der Waals surface area (Å²) in [6.45, 7) is 0.697. The highest BCUT2D eigenvalue weighted by molar-refractivity contribution is 8.00. The number of carbonyl (C=O) groups is 1. The molecule has 1 aliphatic heterocycles. The molecule has 1 aliphatic rings. The molecular weight excluding hydrogens is 270 g/mol. The van der Waals surface area contributed by atoms with Crippen molar-refractivity contribution >= 4 is 17.7 Å². The van der Waals surface area contributed by atoms with Gasteiger partial charge < -0.3 is 4.90 Å². The van der Waals surface area contributed by atoms with Crippen molar-refractivity contribution in [1.82, 2.24) is 14.9 Å². The zero-order valence-electron chi connectivity index (χ0n) is 11.0. The number of nitrogens with zero attached hydrogens (tertiary/aromatic N) is 3. The maximum atomic E-state index is 12.0. The van der Waals surface area contributed by atoms with Crippen LogP contribution in [0.3, 0.4) is 0 Å². The molecule has 0 spiro atoms. The molecule has 1 saturated heterocycles. The van der Waals surface area contributed by atoms with E-state index in [1.165, 1.54) is 0 Å². The molecule has 3 rings (SSSR count). The van der Waals surface area contributed by atoms with Crippen LogP contribution in [0.4, 0.5) is 0 Å². The molecule has 1 amide bonds. The minimum Gasteiger partial charge on any atom is -0.325 e. The lowest BCUT2D eigenvalue weighted by Crippen LogP contribution is -2.30. The summed E-state index contributed by atoms with van der Waals surface area (Å²) < 4.78 is 0. The van der Waals surface area contributed by atoms with Crippen LogP contribution in [0.2, 0.25) is 0 Å². The summed E-state index contributed by atoms with van der Waals surface area (Å²) in [5, 5.41) is 0.0833. The van der Waals surface area contributed by atoms with Crippen LogP contribution < -0.4 is 0 Å². The van der Waals surface area contributed by atoms with E-state index in [0.29, 0.717) is 12.3 Å². The van der Waals surface area contributed by atoms with Gasteiger partial charge in [0.25, 0.3) is 0 Å². The summed E-state index contributed by atoms with van der Waals surface area (Å²) in [4.78, 5) is 22.4. The van der Waals surface area contributed by atoms with Crippen molar-refractivity contribution in [2.24, 2.45) is 0 Å². The predicted molar refractivity (Wildman–Crippen MR) is 79.1 cm³/mol. The Bertz CT molecular complexity index is 576. The number of aromatic nitrogens is 2. The van der Waals surface area contributed by atoms with Gasteiger partial charge in [-0.2, -0.15) is 0 Å². The average molecular weight is 285 g/mol. The monoisotopic (exact) mass is 285 g/mol. The first kappa shape index (κ1) is 13.1. The summed E-state index contributed by atoms with van der Waals surface area (Å²) >= 11 is 1.66. The molecule has 0 bridgehead atoms. The number of hydrogen-bond donors (Lipinski definition) is 0. The van der Waals surface area contributed by atoms with Crippen LogP contribution in [0.5, 0.6) is 0 Å². The van der Waals surface area contributed by atoms with Crippen molar-refractivity contribution in [1.29, 1.82) is 0 Å². The molecule has 4 nitrogen and oxygen atoms in total. The summed E-state index contributed by atoms with van der Waals surface area (Å²) in [6, 6.07) is 9.81. The standard InChI is InChI=1S/C15H15N3OS/c19-14-11-20-15(12-4-3-7-16-10-12)18(14)9-6-13-5-1-2-8-17-13/h1-5,7-8,10,15H,6,9,11H2/t15-/m0/s1. The molecule has 0 aliphatic carbocycles. The fourth-order valence-corrected chi connectivity index (χ4v) is 3.48. The highest BCUT2D eigenvalue weighted by Gasteiger charge is 2.32. The van der Waals surface area contributed by atoms with Crippen molar-refractivity contribution < 1.29 is 4.79 Å². The van der Waals surface area contributed by atoms with E-state index in [2.05, 4.69) is 9.97 Å². The second-order valence-corrected chi connectivity index (χ2v) is 5.68. The van der Waals surface area contributed by atoms with Crippen LogP contribution in [0, 0.1) is 0 Å². The fraction of sp³-hybridized carbons (Fsp3) is 0.267. The SMILES string of the molecule is O=C1CS[C@@H](c2cccnc2)N1CCc1ccccn1. The predicted octanol–water partition coefficient (Wildman–Crippen LogP) is 2.29. The minimum atomic E-state index is 0.0833. The molecule has 0 radical (unpaired) electrons. The second-order valence-electron chi connectivity index (χ2n) is 4.61. The topological polar surface area (TPSA) is 46.1 Å². The van der Waals surface area contributed by atoms with Gasteiger partial charge in [0.15, 0.2) is 0 Å². The number of rotatable bonds is 4. The Balaban J connectivity index is 1.71. The van der Waals surface area contributed by atoms with Gasteiger partial charge in [0, 0.05) is 42.8 Å². The van der Waals surface area contributed by atoms with E-state index in [0.717, 1.165) is 17.7 Å². The van der Waals surface area contributed by atoms with Gasteiger partial charge in [0.2, 0.25) is 5.91 Å². The van der Waals surface area contributed by atoms with E-state index >= 15 is 0 Å². The highest BCUT2D eigenvalue weighted by Crippen LogP contribution is 2.38. The van der Waals surface area contributed by atoms with E-state index in [1.807, 2.05) is 41.4 Å². The molecule has 0 N–H and O–H groups in total. The van der Waals surface area contributed by atoms with E-state index in [9.17, 15) is 4.79 Å². The van der Waals surface area contributed by atoms with Gasteiger partial charge in [-0.25, -0.2) is 0 Å². The maximum Gasteiger partial charge on any atom is 0.233 e. The molecule has 0 saturated carbocycles. The number of hydrogen-bond acceptors (Lipinski definition) is 4. The minimum absolute atomic E-state index is 0.0833. The quantitative estimate of drug-likeness (QED) is 0.864. The van der Waals surface area contributed by atoms with Crippen LogP contribution in [0.15, 0.2) is 48.9 Å². The summed E-state index contributed by atoms with van der Waals surface area (Å²) in [7, 11) is 0. The van der Waals surface area contributed by atoms with Crippen LogP contribution >= 0.6 is 11.8 Å². The lowest BCUT2D eigenvalue weighted by atomic mass is 10.2. The first-order chi connectivity index (χ1) is 9.84. The van der Waals surface area contributed by atoms with E-state index in [1.54, 1.807) is 24.2 Å². The Kier molecular flexibility index (Phi) is 3.97. The fourth-order valence-electron chi connectivity index (χ4n) is 2.28. The van der Waals surface area contributed by atoms with Crippen LogP contribution in [0.25, 0.3) is 0 Å². The normalized spacial score (nSPS) is 18.5. The zero-order valence-corrected chi connectivity index (χ0v) is 11.8. The van der Waals surface area contributed by atoms with Crippen molar-refractivity contribution in [3.05, 3.63) is 60.2 Å². The third-order valence-corrected chi connectivity index (χ3v) is 4.53. The van der Waals surface area contributed by atoms with Crippen molar-refractivity contribution in [3.8, 4) is 0 Å². The van der Waals surface area contributed by atoms with Gasteiger partial charge in [0.05, 0.1) is 5.75 Å². The largest absolute Gasteiger partial charge is 0.325 e. The van der Waals surface area contributed by atoms with Gasteiger partial charge in [-0.3, -0.25) is 14.8 Å². The van der Waals surface area contributed by atoms with Crippen molar-refractivity contribution in [2.45, 2.75) is 11.8 Å². The van der Waals surface area contributed by atoms with Gasteiger partial charge in [0.1, 0.15) is 5.37 Å². The van der Waals surface area contributed by atoms with E-state index in [-0.39, 0.29) is 11.3 Å². The zero-order chi connectivity index (χ0) is 13.8. The molecule has 0 aromatic carbocycles. The first-order valence-corrected chi connectivity index (χ1v) is 7.60. The van der Waals surface area contributed by atoms with Crippen LogP contribution in [-0.2, 0) is 11.2 Å². The lowest BCUT2D eigenvalue weighted by Gasteiger charge is -2.23. The average Bonchev–Trinajstić information content (AvgIpc) is 2.88. The summed E-state index contributed by atoms with van der Waals surface area (Å²) in [5.74, 6) is 0.738. The maximum absolute atomic E-state index is 12.0. The Morgan fingerprint density at radius 1 is 1.25 bits per heavy atom. The van der Waals surface area contributed by atoms with Crippen LogP contribution in [0.1, 0.15) is 16.6 Å². The summed E-state index contributed by atoms with van der Waals surface area (Å²) in [6.07, 6.45) is 6.16. The molecule has 1 fully saturated rings. The van der Waals surface area contributed by atoms with Gasteiger partial charge in [-0.1, -0.05) is 12.1 Å². The molecule has 20 heavy (non-hydrogen) atoms. The van der Waals surface area contributed by atoms with Crippen molar-refractivity contribution in [2.75, 3.05) is 12.3 Å². The Hall–Kier alpha value is -1.88. The van der Waals surface area contributed by atoms with Gasteiger partial charge in [-0.05, 0) is 18.2 Å². The highest BCUT2D eigenvalue weighted by atomic mass is 32.2. The third kappa shape index (κ3) is 2.82. The number of carbonyl (C=O) groups excluding carboxylic acids is 1. The Morgan fingerprint density at radius 2 is 2.20 bits per heavy atom. The van der Waals surface area contributed by atoms with Gasteiger partial charge in [-0.15, -0.1) is 11.8 Å². The van der Waals surface area contributed by atoms with E-state index in [4.69, 9.17) is 0 Å². The van der Waals surface area contributed by atoms with Gasteiger partial charge >= 0.3 is 0 Å². The number of pyridine rings is 2. The molecule has 1 atom stereocenters. The Morgan fingerprint density at radius 3 is 2.95 bits per heavy atom.